The largest absolute Gasteiger partial charge is 0.469 e. The Morgan fingerprint density at radius 2 is 2.10 bits per heavy atom. The maximum Gasteiger partial charge on any atom is 0.325 e. The summed E-state index contributed by atoms with van der Waals surface area (Å²) >= 11 is 0. The maximum absolute atomic E-state index is 12.0. The number of amides is 3. The number of rotatable bonds is 6. The van der Waals surface area contributed by atoms with Crippen LogP contribution >= 0.6 is 0 Å². The summed E-state index contributed by atoms with van der Waals surface area (Å²) in [4.78, 5) is 27.2. The van der Waals surface area contributed by atoms with Crippen LogP contribution in [0.3, 0.4) is 0 Å². The maximum atomic E-state index is 12.0. The molecule has 3 amide bonds. The van der Waals surface area contributed by atoms with Crippen LogP contribution in [-0.2, 0) is 11.3 Å². The molecule has 0 radical (unpaired) electrons. The molecule has 2 heterocycles. The summed E-state index contributed by atoms with van der Waals surface area (Å²) in [5.41, 5.74) is 0.380. The molecule has 1 aromatic heterocycles. The molecule has 1 aliphatic rings. The number of nitrogens with one attached hydrogen (secondary N) is 1. The fraction of sp³-hybridized carbons (Fsp3) is 0.600. The summed E-state index contributed by atoms with van der Waals surface area (Å²) in [6.45, 7) is 7.44. The van der Waals surface area contributed by atoms with Gasteiger partial charge in [0, 0.05) is 18.7 Å². The molecule has 0 unspecified atom stereocenters. The lowest BCUT2D eigenvalue weighted by Gasteiger charge is -2.19. The SMILES string of the molecule is Cc1occc1CN(C)CCCN1C(=O)NC(C)(C)C1=O. The van der Waals surface area contributed by atoms with E-state index < -0.39 is 5.54 Å². The van der Waals surface area contributed by atoms with E-state index in [0.717, 1.165) is 30.8 Å². The molecule has 1 fully saturated rings. The molecule has 2 rings (SSSR count). The van der Waals surface area contributed by atoms with E-state index in [1.807, 2.05) is 20.0 Å². The molecule has 0 saturated carbocycles. The van der Waals surface area contributed by atoms with E-state index in [-0.39, 0.29) is 11.9 Å². The molecule has 116 valence electrons. The number of hydrogen-bond acceptors (Lipinski definition) is 4. The van der Waals surface area contributed by atoms with Crippen molar-refractivity contribution < 1.29 is 14.0 Å². The second-order valence-electron chi connectivity index (χ2n) is 6.11. The van der Waals surface area contributed by atoms with Crippen molar-refractivity contribution in [2.45, 2.75) is 39.3 Å². The van der Waals surface area contributed by atoms with E-state index in [2.05, 4.69) is 10.2 Å². The molecule has 6 nitrogen and oxygen atoms in total. The van der Waals surface area contributed by atoms with E-state index in [0.29, 0.717) is 6.54 Å². The predicted molar refractivity (Wildman–Crippen MR) is 78.7 cm³/mol. The smallest absolute Gasteiger partial charge is 0.325 e. The monoisotopic (exact) mass is 293 g/mol. The Balaban J connectivity index is 1.78. The molecule has 1 aliphatic heterocycles. The van der Waals surface area contributed by atoms with Crippen LogP contribution in [0.2, 0.25) is 0 Å². The van der Waals surface area contributed by atoms with E-state index in [1.54, 1.807) is 20.1 Å². The number of furan rings is 1. The molecule has 1 aromatic rings. The Kier molecular flexibility index (Phi) is 4.37. The fourth-order valence-electron chi connectivity index (χ4n) is 2.46. The highest BCUT2D eigenvalue weighted by Crippen LogP contribution is 2.17. The zero-order valence-corrected chi connectivity index (χ0v) is 13.1. The van der Waals surface area contributed by atoms with Crippen LogP contribution in [0, 0.1) is 6.92 Å². The number of aryl methyl sites for hydroxylation is 1. The standard InChI is InChI=1S/C15H23N3O3/c1-11-12(6-9-21-11)10-17(4)7-5-8-18-13(19)15(2,3)16-14(18)20/h6,9H,5,7-8,10H2,1-4H3,(H,16,20). The molecule has 0 aromatic carbocycles. The summed E-state index contributed by atoms with van der Waals surface area (Å²) in [7, 11) is 2.02. The lowest BCUT2D eigenvalue weighted by atomic mass is 10.1. The Bertz CT molecular complexity index is 536. The van der Waals surface area contributed by atoms with Crippen LogP contribution in [-0.4, -0.2) is 47.4 Å². The van der Waals surface area contributed by atoms with Crippen LogP contribution in [0.15, 0.2) is 16.7 Å². The van der Waals surface area contributed by atoms with Crippen LogP contribution in [0.1, 0.15) is 31.6 Å². The normalized spacial score (nSPS) is 17.7. The molecule has 0 bridgehead atoms. The quantitative estimate of drug-likeness (QED) is 0.811. The van der Waals surface area contributed by atoms with E-state index >= 15 is 0 Å². The van der Waals surface area contributed by atoms with Crippen LogP contribution < -0.4 is 5.32 Å². The first kappa shape index (κ1) is 15.6. The topological polar surface area (TPSA) is 65.8 Å². The average Bonchev–Trinajstić information content (AvgIpc) is 2.86. The molecule has 0 atom stereocenters. The predicted octanol–water partition coefficient (Wildman–Crippen LogP) is 1.74. The Hall–Kier alpha value is -1.82. The molecule has 0 aliphatic carbocycles. The van der Waals surface area contributed by atoms with Gasteiger partial charge >= 0.3 is 6.03 Å². The van der Waals surface area contributed by atoms with E-state index in [4.69, 9.17) is 4.42 Å². The zero-order chi connectivity index (χ0) is 15.6. The number of imide groups is 1. The highest BCUT2D eigenvalue weighted by molar-refractivity contribution is 6.06. The lowest BCUT2D eigenvalue weighted by molar-refractivity contribution is -0.130. The van der Waals surface area contributed by atoms with Gasteiger partial charge in [-0.2, -0.15) is 0 Å². The van der Waals surface area contributed by atoms with Crippen molar-refractivity contribution in [3.05, 3.63) is 23.7 Å². The molecular weight excluding hydrogens is 270 g/mol. The third-order valence-electron chi connectivity index (χ3n) is 3.77. The highest BCUT2D eigenvalue weighted by Gasteiger charge is 2.43. The van der Waals surface area contributed by atoms with Gasteiger partial charge in [0.2, 0.25) is 0 Å². The van der Waals surface area contributed by atoms with Gasteiger partial charge in [0.1, 0.15) is 11.3 Å². The molecular formula is C15H23N3O3. The first-order valence-corrected chi connectivity index (χ1v) is 7.17. The van der Waals surface area contributed by atoms with Crippen LogP contribution in [0.5, 0.6) is 0 Å². The van der Waals surface area contributed by atoms with Crippen molar-refractivity contribution in [3.63, 3.8) is 0 Å². The van der Waals surface area contributed by atoms with Gasteiger partial charge in [0.25, 0.3) is 5.91 Å². The minimum absolute atomic E-state index is 0.152. The molecule has 0 spiro atoms. The highest BCUT2D eigenvalue weighted by atomic mass is 16.3. The van der Waals surface area contributed by atoms with Crippen LogP contribution in [0.4, 0.5) is 4.79 Å². The summed E-state index contributed by atoms with van der Waals surface area (Å²) in [5.74, 6) is 0.776. The van der Waals surface area contributed by atoms with Crippen LogP contribution in [0.25, 0.3) is 0 Å². The zero-order valence-electron chi connectivity index (χ0n) is 13.1. The van der Waals surface area contributed by atoms with Gasteiger partial charge in [-0.3, -0.25) is 9.69 Å². The third kappa shape index (κ3) is 3.44. The molecule has 1 saturated heterocycles. The van der Waals surface area contributed by atoms with Crippen molar-refractivity contribution in [2.75, 3.05) is 20.1 Å². The molecule has 6 heteroatoms. The lowest BCUT2D eigenvalue weighted by Crippen LogP contribution is -2.40. The van der Waals surface area contributed by atoms with Gasteiger partial charge in [-0.25, -0.2) is 4.79 Å². The van der Waals surface area contributed by atoms with Gasteiger partial charge < -0.3 is 14.6 Å². The van der Waals surface area contributed by atoms with Gasteiger partial charge in [0.05, 0.1) is 6.26 Å². The van der Waals surface area contributed by atoms with Gasteiger partial charge in [-0.15, -0.1) is 0 Å². The van der Waals surface area contributed by atoms with Crippen molar-refractivity contribution in [1.82, 2.24) is 15.1 Å². The van der Waals surface area contributed by atoms with Gasteiger partial charge in [-0.05, 0) is 46.9 Å². The summed E-state index contributed by atoms with van der Waals surface area (Å²) in [5, 5.41) is 2.69. The number of carbonyl (C=O) groups is 2. The number of carbonyl (C=O) groups excluding carboxylic acids is 2. The summed E-state index contributed by atoms with van der Waals surface area (Å²) < 4.78 is 5.27. The van der Waals surface area contributed by atoms with Crippen molar-refractivity contribution in [1.29, 1.82) is 0 Å². The Morgan fingerprint density at radius 1 is 1.38 bits per heavy atom. The van der Waals surface area contributed by atoms with Crippen molar-refractivity contribution in [2.24, 2.45) is 0 Å². The number of urea groups is 1. The van der Waals surface area contributed by atoms with Gasteiger partial charge in [0.15, 0.2) is 0 Å². The second kappa shape index (κ2) is 5.89. The summed E-state index contributed by atoms with van der Waals surface area (Å²) in [6, 6.07) is 1.67. The average molecular weight is 293 g/mol. The fourth-order valence-corrected chi connectivity index (χ4v) is 2.46. The first-order chi connectivity index (χ1) is 9.81. The minimum atomic E-state index is -0.781. The van der Waals surface area contributed by atoms with Crippen molar-refractivity contribution >= 4 is 11.9 Å². The Morgan fingerprint density at radius 3 is 2.62 bits per heavy atom. The first-order valence-electron chi connectivity index (χ1n) is 7.17. The molecule has 21 heavy (non-hydrogen) atoms. The molecule has 1 N–H and O–H groups in total. The second-order valence-corrected chi connectivity index (χ2v) is 6.11. The van der Waals surface area contributed by atoms with E-state index in [1.165, 1.54) is 4.90 Å². The number of nitrogens with zero attached hydrogens (tertiary/aromatic N) is 2. The minimum Gasteiger partial charge on any atom is -0.469 e. The Labute approximate surface area is 125 Å². The third-order valence-corrected chi connectivity index (χ3v) is 3.77. The number of hydrogen-bond donors (Lipinski definition) is 1. The van der Waals surface area contributed by atoms with E-state index in [9.17, 15) is 9.59 Å². The summed E-state index contributed by atoms with van der Waals surface area (Å²) in [6.07, 6.45) is 2.44. The van der Waals surface area contributed by atoms with Crippen molar-refractivity contribution in [3.8, 4) is 0 Å². The van der Waals surface area contributed by atoms with Gasteiger partial charge in [-0.1, -0.05) is 0 Å².